The fourth-order valence-electron chi connectivity index (χ4n) is 2.92. The molecule has 0 spiro atoms. The number of benzene rings is 1. The normalized spacial score (nSPS) is 15.4. The van der Waals surface area contributed by atoms with Crippen molar-refractivity contribution in [2.24, 2.45) is 4.99 Å². The van der Waals surface area contributed by atoms with E-state index < -0.39 is 0 Å². The average Bonchev–Trinajstić information content (AvgIpc) is 3.12. The molecule has 1 aliphatic rings. The molecule has 0 atom stereocenters. The zero-order chi connectivity index (χ0) is 17.6. The molecule has 1 N–H and O–H groups in total. The number of carbonyl (C=O) groups is 1. The summed E-state index contributed by atoms with van der Waals surface area (Å²) < 4.78 is 1.87. The Morgan fingerprint density at radius 3 is 2.44 bits per heavy atom. The van der Waals surface area contributed by atoms with Gasteiger partial charge in [0.05, 0.1) is 17.9 Å². The molecule has 1 fully saturated rings. The van der Waals surface area contributed by atoms with Crippen molar-refractivity contribution in [1.29, 1.82) is 0 Å². The van der Waals surface area contributed by atoms with Gasteiger partial charge in [0.1, 0.15) is 0 Å². The highest BCUT2D eigenvalue weighted by atomic mass is 16.2. The summed E-state index contributed by atoms with van der Waals surface area (Å²) in [5.74, 6) is 0.978. The van der Waals surface area contributed by atoms with Crippen molar-refractivity contribution in [1.82, 2.24) is 24.9 Å². The van der Waals surface area contributed by atoms with Gasteiger partial charge in [-0.1, -0.05) is 18.2 Å². The van der Waals surface area contributed by atoms with Gasteiger partial charge in [-0.15, -0.1) is 0 Å². The smallest absolute Gasteiger partial charge is 0.219 e. The summed E-state index contributed by atoms with van der Waals surface area (Å²) in [5.41, 5.74) is 1.99. The Balaban J connectivity index is 1.56. The predicted octanol–water partition coefficient (Wildman–Crippen LogP) is 1.11. The Kier molecular flexibility index (Phi) is 5.33. The van der Waals surface area contributed by atoms with Crippen molar-refractivity contribution in [3.8, 4) is 5.69 Å². The van der Waals surface area contributed by atoms with Crippen LogP contribution in [-0.2, 0) is 11.3 Å². The zero-order valence-corrected chi connectivity index (χ0v) is 14.7. The Morgan fingerprint density at radius 1 is 1.12 bits per heavy atom. The van der Waals surface area contributed by atoms with E-state index in [9.17, 15) is 4.79 Å². The molecule has 1 amide bonds. The summed E-state index contributed by atoms with van der Waals surface area (Å²) in [5, 5.41) is 7.96. The lowest BCUT2D eigenvalue weighted by Crippen LogP contribution is -2.53. The van der Waals surface area contributed by atoms with E-state index in [-0.39, 0.29) is 5.91 Å². The third-order valence-corrected chi connectivity index (χ3v) is 4.33. The van der Waals surface area contributed by atoms with E-state index >= 15 is 0 Å². The number of aliphatic imine (C=N–C) groups is 1. The number of rotatable bonds is 3. The van der Waals surface area contributed by atoms with Gasteiger partial charge in [-0.3, -0.25) is 9.79 Å². The number of nitrogens with zero attached hydrogens (tertiary/aromatic N) is 5. The molecule has 0 bridgehead atoms. The molecule has 0 aliphatic carbocycles. The van der Waals surface area contributed by atoms with Crippen LogP contribution in [-0.4, -0.2) is 64.7 Å². The van der Waals surface area contributed by atoms with E-state index in [0.29, 0.717) is 6.54 Å². The van der Waals surface area contributed by atoms with Crippen molar-refractivity contribution in [3.63, 3.8) is 0 Å². The Labute approximate surface area is 148 Å². The predicted molar refractivity (Wildman–Crippen MR) is 97.6 cm³/mol. The van der Waals surface area contributed by atoms with Gasteiger partial charge in [0.25, 0.3) is 0 Å². The minimum atomic E-state index is 0.133. The van der Waals surface area contributed by atoms with Crippen molar-refractivity contribution >= 4 is 11.9 Å². The molecule has 3 rings (SSSR count). The molecule has 2 aromatic rings. The number of carbonyl (C=O) groups excluding carboxylic acids is 1. The zero-order valence-electron chi connectivity index (χ0n) is 14.7. The third-order valence-electron chi connectivity index (χ3n) is 4.33. The van der Waals surface area contributed by atoms with E-state index in [4.69, 9.17) is 0 Å². The van der Waals surface area contributed by atoms with Crippen LogP contribution in [0.25, 0.3) is 5.69 Å². The maximum absolute atomic E-state index is 11.4. The molecule has 0 radical (unpaired) electrons. The van der Waals surface area contributed by atoms with Crippen molar-refractivity contribution < 1.29 is 4.79 Å². The molecule has 7 heteroatoms. The van der Waals surface area contributed by atoms with E-state index in [1.165, 1.54) is 0 Å². The molecule has 25 heavy (non-hydrogen) atoms. The lowest BCUT2D eigenvalue weighted by atomic mass is 10.3. The first-order valence-electron chi connectivity index (χ1n) is 8.48. The Bertz CT molecular complexity index is 731. The molecule has 1 aliphatic heterocycles. The topological polar surface area (TPSA) is 65.8 Å². The SMILES string of the molecule is CN=C(NCc1ccn(-c2ccccc2)n1)N1CCN(C(C)=O)CC1. The van der Waals surface area contributed by atoms with Gasteiger partial charge in [-0.25, -0.2) is 4.68 Å². The second-order valence-electron chi connectivity index (χ2n) is 5.98. The largest absolute Gasteiger partial charge is 0.351 e. The Hall–Kier alpha value is -2.83. The minimum Gasteiger partial charge on any atom is -0.351 e. The number of para-hydroxylation sites is 1. The van der Waals surface area contributed by atoms with Crippen LogP contribution in [0.2, 0.25) is 0 Å². The van der Waals surface area contributed by atoms with Gasteiger partial charge in [0.2, 0.25) is 5.91 Å². The van der Waals surface area contributed by atoms with E-state index in [2.05, 4.69) is 20.3 Å². The first kappa shape index (κ1) is 17.0. The number of hydrogen-bond donors (Lipinski definition) is 1. The molecule has 7 nitrogen and oxygen atoms in total. The highest BCUT2D eigenvalue weighted by Crippen LogP contribution is 2.07. The molecular formula is C18H24N6O. The highest BCUT2D eigenvalue weighted by molar-refractivity contribution is 5.80. The summed E-state index contributed by atoms with van der Waals surface area (Å²) in [6.45, 7) is 5.28. The third kappa shape index (κ3) is 4.17. The van der Waals surface area contributed by atoms with Gasteiger partial charge < -0.3 is 15.1 Å². The molecule has 1 saturated heterocycles. The highest BCUT2D eigenvalue weighted by Gasteiger charge is 2.20. The van der Waals surface area contributed by atoms with Crippen LogP contribution in [0.4, 0.5) is 0 Å². The quantitative estimate of drug-likeness (QED) is 0.671. The lowest BCUT2D eigenvalue weighted by Gasteiger charge is -2.36. The second-order valence-corrected chi connectivity index (χ2v) is 5.98. The summed E-state index contributed by atoms with van der Waals surface area (Å²) in [6, 6.07) is 12.0. The van der Waals surface area contributed by atoms with Gasteiger partial charge in [-0.2, -0.15) is 5.10 Å². The molecule has 0 unspecified atom stereocenters. The molecule has 0 saturated carbocycles. The van der Waals surface area contributed by atoms with Crippen LogP contribution < -0.4 is 5.32 Å². The first-order valence-corrected chi connectivity index (χ1v) is 8.48. The number of guanidine groups is 1. The molecule has 2 heterocycles. The van der Waals surface area contributed by atoms with Crippen LogP contribution in [0.3, 0.4) is 0 Å². The summed E-state index contributed by atoms with van der Waals surface area (Å²) in [6.07, 6.45) is 1.96. The number of amides is 1. The fraction of sp³-hybridized carbons (Fsp3) is 0.389. The maximum atomic E-state index is 11.4. The van der Waals surface area contributed by atoms with Crippen molar-refractivity contribution in [2.75, 3.05) is 33.2 Å². The van der Waals surface area contributed by atoms with Gasteiger partial charge in [0.15, 0.2) is 5.96 Å². The van der Waals surface area contributed by atoms with E-state index in [1.807, 2.05) is 52.2 Å². The van der Waals surface area contributed by atoms with E-state index in [0.717, 1.165) is 43.5 Å². The van der Waals surface area contributed by atoms with Gasteiger partial charge in [-0.05, 0) is 18.2 Å². The molecule has 1 aromatic carbocycles. The average molecular weight is 340 g/mol. The van der Waals surface area contributed by atoms with Crippen LogP contribution in [0, 0.1) is 0 Å². The maximum Gasteiger partial charge on any atom is 0.219 e. The minimum absolute atomic E-state index is 0.133. The summed E-state index contributed by atoms with van der Waals surface area (Å²) in [4.78, 5) is 19.8. The van der Waals surface area contributed by atoms with Crippen LogP contribution in [0.5, 0.6) is 0 Å². The first-order chi connectivity index (χ1) is 12.2. The van der Waals surface area contributed by atoms with Crippen LogP contribution in [0.1, 0.15) is 12.6 Å². The summed E-state index contributed by atoms with van der Waals surface area (Å²) in [7, 11) is 1.78. The number of piperazine rings is 1. The van der Waals surface area contributed by atoms with Crippen LogP contribution in [0.15, 0.2) is 47.6 Å². The number of hydrogen-bond acceptors (Lipinski definition) is 3. The van der Waals surface area contributed by atoms with Gasteiger partial charge >= 0.3 is 0 Å². The Morgan fingerprint density at radius 2 is 1.80 bits per heavy atom. The van der Waals surface area contributed by atoms with Gasteiger partial charge in [0, 0.05) is 46.3 Å². The van der Waals surface area contributed by atoms with Crippen molar-refractivity contribution in [3.05, 3.63) is 48.3 Å². The van der Waals surface area contributed by atoms with Crippen molar-refractivity contribution in [2.45, 2.75) is 13.5 Å². The fourth-order valence-corrected chi connectivity index (χ4v) is 2.92. The number of nitrogens with one attached hydrogen (secondary N) is 1. The molecule has 132 valence electrons. The molecule has 1 aromatic heterocycles. The second kappa shape index (κ2) is 7.83. The lowest BCUT2D eigenvalue weighted by molar-refractivity contribution is -0.130. The summed E-state index contributed by atoms with van der Waals surface area (Å²) >= 11 is 0. The van der Waals surface area contributed by atoms with Crippen LogP contribution >= 0.6 is 0 Å². The van der Waals surface area contributed by atoms with E-state index in [1.54, 1.807) is 14.0 Å². The molecular weight excluding hydrogens is 316 g/mol. The standard InChI is InChI=1S/C18H24N6O/c1-15(25)22-10-12-23(13-11-22)18(19-2)20-14-16-8-9-24(21-16)17-6-4-3-5-7-17/h3-9H,10-14H2,1-2H3,(H,19,20). The monoisotopic (exact) mass is 340 g/mol. The number of aromatic nitrogens is 2.